The Balaban J connectivity index is 1.37. The van der Waals surface area contributed by atoms with E-state index in [9.17, 15) is 0 Å². The normalized spacial score (nSPS) is 22.3. The summed E-state index contributed by atoms with van der Waals surface area (Å²) in [6.45, 7) is 3.94. The molecule has 2 fully saturated rings. The van der Waals surface area contributed by atoms with Gasteiger partial charge in [0.2, 0.25) is 0 Å². The summed E-state index contributed by atoms with van der Waals surface area (Å²) in [6.07, 6.45) is 7.96. The minimum absolute atomic E-state index is 0.523. The van der Waals surface area contributed by atoms with Gasteiger partial charge in [-0.15, -0.1) is 0 Å². The molecule has 1 aromatic carbocycles. The number of benzene rings is 1. The summed E-state index contributed by atoms with van der Waals surface area (Å²) in [7, 11) is 1.88. The van der Waals surface area contributed by atoms with Crippen LogP contribution in [-0.2, 0) is 4.74 Å². The first-order chi connectivity index (χ1) is 11.9. The molecule has 0 radical (unpaired) electrons. The van der Waals surface area contributed by atoms with Gasteiger partial charge in [0.15, 0.2) is 5.96 Å². The number of hydrogen-bond acceptors (Lipinski definition) is 2. The molecule has 0 amide bonds. The number of ether oxygens (including phenoxy) is 1. The Labute approximate surface area is 146 Å². The second-order valence-electron chi connectivity index (χ2n) is 6.95. The van der Waals surface area contributed by atoms with Crippen LogP contribution in [0.1, 0.15) is 50.0 Å². The van der Waals surface area contributed by atoms with Crippen molar-refractivity contribution >= 4 is 5.96 Å². The molecular formula is C20H31N3O. The van der Waals surface area contributed by atoms with Crippen LogP contribution in [0.3, 0.4) is 0 Å². The van der Waals surface area contributed by atoms with Gasteiger partial charge in [-0.25, -0.2) is 0 Å². The Hall–Kier alpha value is -1.55. The van der Waals surface area contributed by atoms with Crippen molar-refractivity contribution in [1.29, 1.82) is 0 Å². The van der Waals surface area contributed by atoms with Crippen LogP contribution < -0.4 is 5.32 Å². The van der Waals surface area contributed by atoms with E-state index in [0.29, 0.717) is 12.0 Å². The maximum Gasteiger partial charge on any atom is 0.193 e. The third-order valence-electron chi connectivity index (χ3n) is 5.23. The van der Waals surface area contributed by atoms with Crippen molar-refractivity contribution in [3.63, 3.8) is 0 Å². The standard InChI is InChI=1S/C20H31N3O/c1-21-20(22-13-7-15-24-19-10-5-6-11-19)23-14-12-18(16-23)17-8-3-2-4-9-17/h2-4,8-9,18-19H,5-7,10-16H2,1H3,(H,21,22). The molecule has 1 aliphatic carbocycles. The average molecular weight is 329 g/mol. The SMILES string of the molecule is CN=C(NCCCOC1CCCC1)N1CCC(c2ccccc2)C1. The third kappa shape index (κ3) is 4.73. The molecule has 1 heterocycles. The molecule has 4 heteroatoms. The largest absolute Gasteiger partial charge is 0.378 e. The van der Waals surface area contributed by atoms with Gasteiger partial charge in [-0.2, -0.15) is 0 Å². The first-order valence-corrected chi connectivity index (χ1v) is 9.49. The Bertz CT molecular complexity index is 511. The van der Waals surface area contributed by atoms with Crippen LogP contribution in [0.2, 0.25) is 0 Å². The number of hydrogen-bond donors (Lipinski definition) is 1. The number of nitrogens with one attached hydrogen (secondary N) is 1. The van der Waals surface area contributed by atoms with Gasteiger partial charge >= 0.3 is 0 Å². The van der Waals surface area contributed by atoms with Gasteiger partial charge in [0.05, 0.1) is 6.10 Å². The predicted molar refractivity (Wildman–Crippen MR) is 99.6 cm³/mol. The monoisotopic (exact) mass is 329 g/mol. The van der Waals surface area contributed by atoms with E-state index in [0.717, 1.165) is 38.6 Å². The van der Waals surface area contributed by atoms with E-state index in [1.807, 2.05) is 7.05 Å². The van der Waals surface area contributed by atoms with Crippen molar-refractivity contribution < 1.29 is 4.74 Å². The summed E-state index contributed by atoms with van der Waals surface area (Å²) in [6, 6.07) is 10.8. The maximum absolute atomic E-state index is 5.93. The first kappa shape index (κ1) is 17.3. The Kier molecular flexibility index (Phi) is 6.53. The summed E-state index contributed by atoms with van der Waals surface area (Å²) < 4.78 is 5.93. The van der Waals surface area contributed by atoms with Crippen molar-refractivity contribution in [3.8, 4) is 0 Å². The van der Waals surface area contributed by atoms with Crippen molar-refractivity contribution in [2.75, 3.05) is 33.3 Å². The fraction of sp³-hybridized carbons (Fsp3) is 0.650. The fourth-order valence-electron chi connectivity index (χ4n) is 3.86. The molecule has 1 unspecified atom stereocenters. The van der Waals surface area contributed by atoms with E-state index >= 15 is 0 Å². The molecule has 1 aromatic rings. The number of likely N-dealkylation sites (tertiary alicyclic amines) is 1. The molecule has 0 bridgehead atoms. The van der Waals surface area contributed by atoms with E-state index in [1.165, 1.54) is 37.7 Å². The Morgan fingerprint density at radius 1 is 1.21 bits per heavy atom. The zero-order valence-corrected chi connectivity index (χ0v) is 14.9. The van der Waals surface area contributed by atoms with Crippen LogP contribution in [0, 0.1) is 0 Å². The summed E-state index contributed by atoms with van der Waals surface area (Å²) in [5, 5.41) is 3.50. The maximum atomic E-state index is 5.93. The molecule has 0 spiro atoms. The Morgan fingerprint density at radius 2 is 2.00 bits per heavy atom. The molecule has 1 atom stereocenters. The molecule has 1 N–H and O–H groups in total. The van der Waals surface area contributed by atoms with E-state index in [-0.39, 0.29) is 0 Å². The second-order valence-corrected chi connectivity index (χ2v) is 6.95. The van der Waals surface area contributed by atoms with Crippen LogP contribution in [0.5, 0.6) is 0 Å². The highest BCUT2D eigenvalue weighted by Crippen LogP contribution is 2.26. The van der Waals surface area contributed by atoms with Gasteiger partial charge in [-0.05, 0) is 31.2 Å². The van der Waals surface area contributed by atoms with Crippen LogP contribution in [-0.4, -0.2) is 50.3 Å². The lowest BCUT2D eigenvalue weighted by atomic mass is 9.99. The van der Waals surface area contributed by atoms with Gasteiger partial charge in [0.1, 0.15) is 0 Å². The highest BCUT2D eigenvalue weighted by atomic mass is 16.5. The molecule has 4 nitrogen and oxygen atoms in total. The lowest BCUT2D eigenvalue weighted by Crippen LogP contribution is -2.40. The van der Waals surface area contributed by atoms with E-state index in [4.69, 9.17) is 4.74 Å². The highest BCUT2D eigenvalue weighted by molar-refractivity contribution is 5.80. The molecular weight excluding hydrogens is 298 g/mol. The van der Waals surface area contributed by atoms with Crippen molar-refractivity contribution in [1.82, 2.24) is 10.2 Å². The van der Waals surface area contributed by atoms with Crippen LogP contribution in [0.15, 0.2) is 35.3 Å². The first-order valence-electron chi connectivity index (χ1n) is 9.49. The fourth-order valence-corrected chi connectivity index (χ4v) is 3.86. The highest BCUT2D eigenvalue weighted by Gasteiger charge is 2.25. The van der Waals surface area contributed by atoms with Crippen LogP contribution >= 0.6 is 0 Å². The number of aliphatic imine (C=N–C) groups is 1. The van der Waals surface area contributed by atoms with Gasteiger partial charge in [-0.1, -0.05) is 43.2 Å². The molecule has 1 saturated heterocycles. The zero-order valence-electron chi connectivity index (χ0n) is 14.9. The topological polar surface area (TPSA) is 36.9 Å². The third-order valence-corrected chi connectivity index (χ3v) is 5.23. The van der Waals surface area contributed by atoms with E-state index in [1.54, 1.807) is 0 Å². The second kappa shape index (κ2) is 9.07. The lowest BCUT2D eigenvalue weighted by molar-refractivity contribution is 0.0573. The molecule has 2 aliphatic rings. The van der Waals surface area contributed by atoms with Crippen molar-refractivity contribution in [3.05, 3.63) is 35.9 Å². The number of nitrogens with zero attached hydrogens (tertiary/aromatic N) is 2. The van der Waals surface area contributed by atoms with Crippen LogP contribution in [0.25, 0.3) is 0 Å². The van der Waals surface area contributed by atoms with Gasteiger partial charge < -0.3 is 15.0 Å². The lowest BCUT2D eigenvalue weighted by Gasteiger charge is -2.22. The zero-order chi connectivity index (χ0) is 16.6. The van der Waals surface area contributed by atoms with Crippen molar-refractivity contribution in [2.45, 2.75) is 50.5 Å². The summed E-state index contributed by atoms with van der Waals surface area (Å²) in [4.78, 5) is 6.85. The quantitative estimate of drug-likeness (QED) is 0.494. The van der Waals surface area contributed by atoms with Crippen LogP contribution in [0.4, 0.5) is 0 Å². The summed E-state index contributed by atoms with van der Waals surface area (Å²) in [5.74, 6) is 1.66. The van der Waals surface area contributed by atoms with E-state index < -0.39 is 0 Å². The Morgan fingerprint density at radius 3 is 2.75 bits per heavy atom. The minimum atomic E-state index is 0.523. The average Bonchev–Trinajstić information content (AvgIpc) is 3.31. The molecule has 1 aliphatic heterocycles. The van der Waals surface area contributed by atoms with E-state index in [2.05, 4.69) is 45.5 Å². The molecule has 24 heavy (non-hydrogen) atoms. The van der Waals surface area contributed by atoms with Crippen molar-refractivity contribution in [2.24, 2.45) is 4.99 Å². The predicted octanol–water partition coefficient (Wildman–Crippen LogP) is 3.40. The minimum Gasteiger partial charge on any atom is -0.378 e. The molecule has 132 valence electrons. The number of rotatable bonds is 6. The molecule has 3 rings (SSSR count). The summed E-state index contributed by atoms with van der Waals surface area (Å²) >= 11 is 0. The van der Waals surface area contributed by atoms with Gasteiger partial charge in [0, 0.05) is 39.2 Å². The smallest absolute Gasteiger partial charge is 0.193 e. The van der Waals surface area contributed by atoms with Gasteiger partial charge in [0.25, 0.3) is 0 Å². The number of guanidine groups is 1. The van der Waals surface area contributed by atoms with Gasteiger partial charge in [-0.3, -0.25) is 4.99 Å². The summed E-state index contributed by atoms with van der Waals surface area (Å²) in [5.41, 5.74) is 1.44. The molecule has 1 saturated carbocycles. The molecule has 0 aromatic heterocycles.